The van der Waals surface area contributed by atoms with E-state index in [1.54, 1.807) is 0 Å². The first-order chi connectivity index (χ1) is 9.26. The average molecular weight is 263 g/mol. The Balaban J connectivity index is 2.43. The van der Waals surface area contributed by atoms with E-state index < -0.39 is 0 Å². The largest absolute Gasteiger partial charge is 0.381 e. The van der Waals surface area contributed by atoms with Crippen LogP contribution in [-0.4, -0.2) is 25.8 Å². The van der Waals surface area contributed by atoms with E-state index in [0.29, 0.717) is 6.04 Å². The van der Waals surface area contributed by atoms with Gasteiger partial charge in [0.05, 0.1) is 0 Å². The summed E-state index contributed by atoms with van der Waals surface area (Å²) in [6.07, 6.45) is 4.47. The summed E-state index contributed by atoms with van der Waals surface area (Å²) in [6.45, 7) is 9.35. The van der Waals surface area contributed by atoms with Crippen molar-refractivity contribution in [2.75, 3.05) is 19.8 Å². The summed E-state index contributed by atoms with van der Waals surface area (Å²) in [5, 5.41) is 3.63. The molecule has 1 rings (SSSR count). The molecule has 1 aromatic rings. The fourth-order valence-corrected chi connectivity index (χ4v) is 2.22. The van der Waals surface area contributed by atoms with Crippen molar-refractivity contribution < 1.29 is 4.74 Å². The van der Waals surface area contributed by atoms with Crippen molar-refractivity contribution in [3.05, 3.63) is 35.4 Å². The van der Waals surface area contributed by atoms with Gasteiger partial charge in [-0.05, 0) is 44.7 Å². The van der Waals surface area contributed by atoms with Crippen LogP contribution >= 0.6 is 0 Å². The molecule has 0 aliphatic heterocycles. The number of benzene rings is 1. The predicted molar refractivity (Wildman–Crippen MR) is 82.7 cm³/mol. The lowest BCUT2D eigenvalue weighted by molar-refractivity contribution is 0.124. The van der Waals surface area contributed by atoms with E-state index in [9.17, 15) is 0 Å². The van der Waals surface area contributed by atoms with Crippen LogP contribution in [-0.2, 0) is 11.2 Å². The minimum absolute atomic E-state index is 0.526. The Morgan fingerprint density at radius 1 is 1.16 bits per heavy atom. The number of aryl methyl sites for hydroxylation is 1. The third-order valence-electron chi connectivity index (χ3n) is 3.21. The van der Waals surface area contributed by atoms with E-state index in [0.717, 1.165) is 39.0 Å². The highest BCUT2D eigenvalue weighted by atomic mass is 16.5. The van der Waals surface area contributed by atoms with E-state index >= 15 is 0 Å². The molecule has 0 aliphatic carbocycles. The van der Waals surface area contributed by atoms with Gasteiger partial charge in [0.2, 0.25) is 0 Å². The molecule has 0 heterocycles. The molecule has 2 nitrogen and oxygen atoms in total. The molecular formula is C17H29NO. The molecule has 0 amide bonds. The Bertz CT molecular complexity index is 338. The van der Waals surface area contributed by atoms with Gasteiger partial charge in [-0.3, -0.25) is 0 Å². The lowest BCUT2D eigenvalue weighted by Gasteiger charge is -2.19. The van der Waals surface area contributed by atoms with Crippen LogP contribution in [0.5, 0.6) is 0 Å². The van der Waals surface area contributed by atoms with Crippen molar-refractivity contribution in [3.8, 4) is 0 Å². The fourth-order valence-electron chi connectivity index (χ4n) is 2.22. The third kappa shape index (κ3) is 7.34. The first kappa shape index (κ1) is 16.2. The molecule has 0 saturated heterocycles. The van der Waals surface area contributed by atoms with Crippen molar-refractivity contribution in [2.24, 2.45) is 0 Å². The molecule has 1 N–H and O–H groups in total. The lowest BCUT2D eigenvalue weighted by Crippen LogP contribution is -2.33. The SMILES string of the molecule is CCCNC(CCOCCC)Cc1cccc(C)c1. The van der Waals surface area contributed by atoms with Crippen molar-refractivity contribution in [2.45, 2.75) is 52.5 Å². The van der Waals surface area contributed by atoms with E-state index in [2.05, 4.69) is 50.4 Å². The van der Waals surface area contributed by atoms with E-state index in [1.165, 1.54) is 17.5 Å². The highest BCUT2D eigenvalue weighted by Crippen LogP contribution is 2.09. The van der Waals surface area contributed by atoms with Crippen LogP contribution in [0.15, 0.2) is 24.3 Å². The standard InChI is InChI=1S/C17H29NO/c1-4-10-18-17(9-12-19-11-5-2)14-16-8-6-7-15(3)13-16/h6-8,13,17-18H,4-5,9-12,14H2,1-3H3. The van der Waals surface area contributed by atoms with Gasteiger partial charge in [0, 0.05) is 19.3 Å². The summed E-state index contributed by atoms with van der Waals surface area (Å²) >= 11 is 0. The normalized spacial score (nSPS) is 12.6. The minimum Gasteiger partial charge on any atom is -0.381 e. The molecule has 108 valence electrons. The quantitative estimate of drug-likeness (QED) is 0.650. The highest BCUT2D eigenvalue weighted by molar-refractivity contribution is 5.22. The van der Waals surface area contributed by atoms with Gasteiger partial charge in [-0.2, -0.15) is 0 Å². The zero-order valence-corrected chi connectivity index (χ0v) is 12.7. The molecule has 0 saturated carbocycles. The Morgan fingerprint density at radius 3 is 2.68 bits per heavy atom. The van der Waals surface area contributed by atoms with Crippen LogP contribution in [0.4, 0.5) is 0 Å². The van der Waals surface area contributed by atoms with Gasteiger partial charge in [-0.25, -0.2) is 0 Å². The Hall–Kier alpha value is -0.860. The molecule has 19 heavy (non-hydrogen) atoms. The second kappa shape index (κ2) is 9.99. The molecule has 0 radical (unpaired) electrons. The van der Waals surface area contributed by atoms with E-state index in [1.807, 2.05) is 0 Å². The van der Waals surface area contributed by atoms with Gasteiger partial charge in [-0.15, -0.1) is 0 Å². The molecule has 1 atom stereocenters. The fraction of sp³-hybridized carbons (Fsp3) is 0.647. The monoisotopic (exact) mass is 263 g/mol. The second-order valence-electron chi connectivity index (χ2n) is 5.25. The zero-order valence-electron chi connectivity index (χ0n) is 12.7. The van der Waals surface area contributed by atoms with Gasteiger partial charge < -0.3 is 10.1 Å². The molecule has 2 heteroatoms. The van der Waals surface area contributed by atoms with Crippen LogP contribution in [0.3, 0.4) is 0 Å². The zero-order chi connectivity index (χ0) is 13.9. The Kier molecular flexibility index (Phi) is 8.52. The molecule has 0 aromatic heterocycles. The summed E-state index contributed by atoms with van der Waals surface area (Å²) in [5.41, 5.74) is 2.76. The number of ether oxygens (including phenoxy) is 1. The number of nitrogens with one attached hydrogen (secondary N) is 1. The smallest absolute Gasteiger partial charge is 0.0480 e. The van der Waals surface area contributed by atoms with Crippen LogP contribution in [0.25, 0.3) is 0 Å². The van der Waals surface area contributed by atoms with Gasteiger partial charge in [0.1, 0.15) is 0 Å². The topological polar surface area (TPSA) is 21.3 Å². The van der Waals surface area contributed by atoms with Crippen LogP contribution in [0.2, 0.25) is 0 Å². The van der Waals surface area contributed by atoms with Gasteiger partial charge in [-0.1, -0.05) is 43.7 Å². The molecule has 0 fully saturated rings. The van der Waals surface area contributed by atoms with Crippen molar-refractivity contribution in [1.82, 2.24) is 5.32 Å². The van der Waals surface area contributed by atoms with Crippen LogP contribution in [0, 0.1) is 6.92 Å². The summed E-state index contributed by atoms with van der Waals surface area (Å²) < 4.78 is 5.61. The van der Waals surface area contributed by atoms with Crippen LogP contribution in [0.1, 0.15) is 44.2 Å². The summed E-state index contributed by atoms with van der Waals surface area (Å²) in [4.78, 5) is 0. The lowest BCUT2D eigenvalue weighted by atomic mass is 10.0. The highest BCUT2D eigenvalue weighted by Gasteiger charge is 2.08. The van der Waals surface area contributed by atoms with Crippen molar-refractivity contribution in [1.29, 1.82) is 0 Å². The number of hydrogen-bond acceptors (Lipinski definition) is 2. The number of rotatable bonds is 10. The summed E-state index contributed by atoms with van der Waals surface area (Å²) in [7, 11) is 0. The van der Waals surface area contributed by atoms with Crippen LogP contribution < -0.4 is 5.32 Å². The first-order valence-corrected chi connectivity index (χ1v) is 7.63. The Labute approximate surface area is 118 Å². The summed E-state index contributed by atoms with van der Waals surface area (Å²) in [5.74, 6) is 0. The third-order valence-corrected chi connectivity index (χ3v) is 3.21. The van der Waals surface area contributed by atoms with Crippen molar-refractivity contribution in [3.63, 3.8) is 0 Å². The average Bonchev–Trinajstić information content (AvgIpc) is 2.40. The second-order valence-corrected chi connectivity index (χ2v) is 5.25. The minimum atomic E-state index is 0.526. The van der Waals surface area contributed by atoms with Crippen molar-refractivity contribution >= 4 is 0 Å². The maximum Gasteiger partial charge on any atom is 0.0480 e. The maximum atomic E-state index is 5.61. The molecular weight excluding hydrogens is 234 g/mol. The molecule has 0 bridgehead atoms. The first-order valence-electron chi connectivity index (χ1n) is 7.63. The van der Waals surface area contributed by atoms with Gasteiger partial charge >= 0.3 is 0 Å². The number of hydrogen-bond donors (Lipinski definition) is 1. The van der Waals surface area contributed by atoms with E-state index in [4.69, 9.17) is 4.74 Å². The summed E-state index contributed by atoms with van der Waals surface area (Å²) in [6, 6.07) is 9.34. The predicted octanol–water partition coefficient (Wildman–Crippen LogP) is 3.72. The van der Waals surface area contributed by atoms with E-state index in [-0.39, 0.29) is 0 Å². The molecule has 1 unspecified atom stereocenters. The Morgan fingerprint density at radius 2 is 2.00 bits per heavy atom. The molecule has 0 aliphatic rings. The molecule has 1 aromatic carbocycles. The van der Waals surface area contributed by atoms with Gasteiger partial charge in [0.15, 0.2) is 0 Å². The van der Waals surface area contributed by atoms with Gasteiger partial charge in [0.25, 0.3) is 0 Å². The maximum absolute atomic E-state index is 5.61. The molecule has 0 spiro atoms.